The van der Waals surface area contributed by atoms with E-state index in [1.165, 1.54) is 41.5 Å². The summed E-state index contributed by atoms with van der Waals surface area (Å²) in [5.74, 6) is 2.41. The van der Waals surface area contributed by atoms with E-state index in [9.17, 15) is 0 Å². The van der Waals surface area contributed by atoms with Gasteiger partial charge in [0.1, 0.15) is 16.8 Å². The zero-order valence-electron chi connectivity index (χ0n) is 20.1. The molecule has 6 rings (SSSR count). The molecule has 0 N–H and O–H groups in total. The molecule has 2 fully saturated rings. The predicted molar refractivity (Wildman–Crippen MR) is 134 cm³/mol. The maximum Gasteiger partial charge on any atom is 0.193 e. The van der Waals surface area contributed by atoms with E-state index in [4.69, 9.17) is 18.9 Å². The minimum absolute atomic E-state index is 0.286. The van der Waals surface area contributed by atoms with Crippen LogP contribution in [0.25, 0.3) is 10.2 Å². The van der Waals surface area contributed by atoms with Crippen LogP contribution < -0.4 is 4.74 Å². The lowest BCUT2D eigenvalue weighted by Crippen LogP contribution is -2.55. The van der Waals surface area contributed by atoms with Gasteiger partial charge in [-0.15, -0.1) is 11.3 Å². The van der Waals surface area contributed by atoms with Crippen LogP contribution in [0.3, 0.4) is 0 Å². The Balaban J connectivity index is 1.19. The SMILES string of the molecule is CC[C@]1(N2CCOCC2)CC[C@H](Oc2ccnc3sc4c(c23)[C@@H](CCc2ncco2)CC4)CC1. The van der Waals surface area contributed by atoms with Gasteiger partial charge in [0.15, 0.2) is 5.89 Å². The van der Waals surface area contributed by atoms with Crippen molar-refractivity contribution < 1.29 is 13.9 Å². The summed E-state index contributed by atoms with van der Waals surface area (Å²) in [6.45, 7) is 6.24. The molecule has 3 aromatic rings. The molecule has 0 bridgehead atoms. The molecule has 0 spiro atoms. The molecule has 1 saturated heterocycles. The number of oxazole rings is 1. The Morgan fingerprint density at radius 3 is 2.76 bits per heavy atom. The number of rotatable bonds is 7. The van der Waals surface area contributed by atoms with Crippen molar-refractivity contribution in [2.75, 3.05) is 26.3 Å². The third kappa shape index (κ3) is 4.16. The normalized spacial score (nSPS) is 27.8. The highest BCUT2D eigenvalue weighted by Gasteiger charge is 2.40. The largest absolute Gasteiger partial charge is 0.490 e. The van der Waals surface area contributed by atoms with Gasteiger partial charge in [-0.1, -0.05) is 6.92 Å². The third-order valence-corrected chi connectivity index (χ3v) is 9.66. The van der Waals surface area contributed by atoms with Crippen LogP contribution in [0.15, 0.2) is 29.1 Å². The monoisotopic (exact) mass is 481 g/mol. The van der Waals surface area contributed by atoms with Crippen LogP contribution in [0, 0.1) is 0 Å². The van der Waals surface area contributed by atoms with Crippen molar-refractivity contribution in [3.63, 3.8) is 0 Å². The lowest BCUT2D eigenvalue weighted by Gasteiger charge is -2.49. The molecule has 4 heterocycles. The Bertz CT molecular complexity index is 1100. The molecular formula is C27H35N3O3S. The molecule has 6 nitrogen and oxygen atoms in total. The Kier molecular flexibility index (Phi) is 6.35. The first-order valence-corrected chi connectivity index (χ1v) is 13.9. The van der Waals surface area contributed by atoms with Crippen molar-refractivity contribution in [1.29, 1.82) is 0 Å². The van der Waals surface area contributed by atoms with Gasteiger partial charge in [-0.3, -0.25) is 4.90 Å². The molecule has 3 aliphatic rings. The van der Waals surface area contributed by atoms with Gasteiger partial charge in [-0.2, -0.15) is 0 Å². The summed E-state index contributed by atoms with van der Waals surface area (Å²) in [4.78, 5) is 14.4. The number of hydrogen-bond acceptors (Lipinski definition) is 7. The number of aromatic nitrogens is 2. The molecule has 1 aliphatic heterocycles. The Hall–Kier alpha value is -1.96. The van der Waals surface area contributed by atoms with Crippen LogP contribution in [0.2, 0.25) is 0 Å². The van der Waals surface area contributed by atoms with Crippen LogP contribution >= 0.6 is 11.3 Å². The van der Waals surface area contributed by atoms with E-state index < -0.39 is 0 Å². The van der Waals surface area contributed by atoms with Crippen molar-refractivity contribution in [2.24, 2.45) is 0 Å². The highest BCUT2D eigenvalue weighted by Crippen LogP contribution is 2.48. The van der Waals surface area contributed by atoms with Crippen molar-refractivity contribution in [1.82, 2.24) is 14.9 Å². The Morgan fingerprint density at radius 2 is 2.00 bits per heavy atom. The minimum Gasteiger partial charge on any atom is -0.490 e. The van der Waals surface area contributed by atoms with Crippen LogP contribution in [0.1, 0.15) is 74.1 Å². The summed E-state index contributed by atoms with van der Waals surface area (Å²) in [6.07, 6.45) is 15.8. The quantitative estimate of drug-likeness (QED) is 0.428. The first kappa shape index (κ1) is 22.5. The van der Waals surface area contributed by atoms with Gasteiger partial charge in [-0.25, -0.2) is 9.97 Å². The summed E-state index contributed by atoms with van der Waals surface area (Å²) in [7, 11) is 0. The van der Waals surface area contributed by atoms with Gasteiger partial charge in [0.05, 0.1) is 30.9 Å². The number of morpholine rings is 1. The van der Waals surface area contributed by atoms with E-state index in [1.54, 1.807) is 12.5 Å². The smallest absolute Gasteiger partial charge is 0.193 e. The molecule has 7 heteroatoms. The zero-order valence-corrected chi connectivity index (χ0v) is 20.9. The van der Waals surface area contributed by atoms with Gasteiger partial charge in [0.2, 0.25) is 0 Å². The van der Waals surface area contributed by atoms with Crippen molar-refractivity contribution in [3.8, 4) is 5.75 Å². The molecule has 34 heavy (non-hydrogen) atoms. The second-order valence-corrected chi connectivity index (χ2v) is 11.2. The number of fused-ring (bicyclic) bond motifs is 3. The standard InChI is InChI=1S/C27H35N3O3S/c1-2-27(30-14-17-31-18-15-30)10-7-20(8-11-27)33-21-9-12-29-26-25(21)24-19(3-5-22(24)34-26)4-6-23-28-13-16-32-23/h9,12-13,16,19-20H,2-8,10-11,14-15,17-18H2,1H3/t19-,20-,27-/m1/s1. The fraction of sp³-hybridized carbons (Fsp3) is 0.630. The van der Waals surface area contributed by atoms with Gasteiger partial charge in [-0.05, 0) is 68.9 Å². The van der Waals surface area contributed by atoms with Crippen LogP contribution in [-0.2, 0) is 17.6 Å². The molecule has 0 aromatic carbocycles. The lowest BCUT2D eigenvalue weighted by molar-refractivity contribution is -0.0510. The summed E-state index contributed by atoms with van der Waals surface area (Å²) in [5, 5.41) is 1.28. The fourth-order valence-corrected chi connectivity index (χ4v) is 7.81. The molecule has 3 aromatic heterocycles. The Labute approximate surface area is 205 Å². The van der Waals surface area contributed by atoms with Crippen molar-refractivity contribution in [3.05, 3.63) is 41.1 Å². The summed E-state index contributed by atoms with van der Waals surface area (Å²) in [5.41, 5.74) is 1.81. The predicted octanol–water partition coefficient (Wildman–Crippen LogP) is 5.75. The molecular weight excluding hydrogens is 446 g/mol. The summed E-state index contributed by atoms with van der Waals surface area (Å²) >= 11 is 1.86. The van der Waals surface area contributed by atoms with Gasteiger partial charge >= 0.3 is 0 Å². The van der Waals surface area contributed by atoms with Crippen molar-refractivity contribution in [2.45, 2.75) is 82.3 Å². The lowest BCUT2D eigenvalue weighted by atomic mass is 9.77. The first-order chi connectivity index (χ1) is 16.8. The minimum atomic E-state index is 0.286. The fourth-order valence-electron chi connectivity index (χ4n) is 6.55. The van der Waals surface area contributed by atoms with E-state index in [1.807, 2.05) is 17.5 Å². The number of ether oxygens (including phenoxy) is 2. The molecule has 182 valence electrons. The second kappa shape index (κ2) is 9.59. The van der Waals surface area contributed by atoms with Crippen LogP contribution in [-0.4, -0.2) is 52.8 Å². The number of aryl methyl sites for hydroxylation is 2. The Morgan fingerprint density at radius 1 is 1.15 bits per heavy atom. The number of thiophene rings is 1. The second-order valence-electron chi connectivity index (χ2n) is 10.1. The van der Waals surface area contributed by atoms with Crippen LogP contribution in [0.4, 0.5) is 0 Å². The number of nitrogens with zero attached hydrogens (tertiary/aromatic N) is 3. The van der Waals surface area contributed by atoms with E-state index in [2.05, 4.69) is 22.9 Å². The van der Waals surface area contributed by atoms with E-state index >= 15 is 0 Å². The van der Waals surface area contributed by atoms with Gasteiger partial charge in [0, 0.05) is 36.1 Å². The zero-order chi connectivity index (χ0) is 23.0. The first-order valence-electron chi connectivity index (χ1n) is 13.0. The van der Waals surface area contributed by atoms with E-state index in [0.29, 0.717) is 11.5 Å². The van der Waals surface area contributed by atoms with Crippen molar-refractivity contribution >= 4 is 21.6 Å². The van der Waals surface area contributed by atoms with Gasteiger partial charge < -0.3 is 13.9 Å². The summed E-state index contributed by atoms with van der Waals surface area (Å²) < 4.78 is 17.9. The maximum atomic E-state index is 6.77. The third-order valence-electron chi connectivity index (χ3n) is 8.48. The molecule has 1 saturated carbocycles. The molecule has 0 unspecified atom stereocenters. The average molecular weight is 482 g/mol. The molecule has 1 atom stereocenters. The maximum absolute atomic E-state index is 6.77. The number of pyridine rings is 1. The summed E-state index contributed by atoms with van der Waals surface area (Å²) in [6, 6.07) is 2.10. The average Bonchev–Trinajstić information content (AvgIpc) is 3.62. The van der Waals surface area contributed by atoms with E-state index in [-0.39, 0.29) is 6.10 Å². The molecule has 0 radical (unpaired) electrons. The molecule has 0 amide bonds. The van der Waals surface area contributed by atoms with Crippen LogP contribution in [0.5, 0.6) is 5.75 Å². The number of hydrogen-bond donors (Lipinski definition) is 0. The highest BCUT2D eigenvalue weighted by molar-refractivity contribution is 7.19. The van der Waals surface area contributed by atoms with Gasteiger partial charge in [0.25, 0.3) is 0 Å². The van der Waals surface area contributed by atoms with E-state index in [0.717, 1.165) is 74.9 Å². The topological polar surface area (TPSA) is 60.6 Å². The molecule has 2 aliphatic carbocycles. The highest BCUT2D eigenvalue weighted by atomic mass is 32.1.